The average Bonchev–Trinajstić information content (AvgIpc) is 2.87. The lowest BCUT2D eigenvalue weighted by Gasteiger charge is -2.25. The van der Waals surface area contributed by atoms with Crippen molar-refractivity contribution in [2.75, 3.05) is 29.6 Å². The van der Waals surface area contributed by atoms with E-state index >= 15 is 0 Å². The van der Waals surface area contributed by atoms with Gasteiger partial charge in [-0.15, -0.1) is 0 Å². The largest absolute Gasteiger partial charge is 0.356 e. The molecule has 1 aliphatic heterocycles. The molecule has 2 N–H and O–H groups in total. The van der Waals surface area contributed by atoms with Gasteiger partial charge in [0.15, 0.2) is 0 Å². The van der Waals surface area contributed by atoms with Crippen molar-refractivity contribution in [3.63, 3.8) is 0 Å². The third-order valence-corrected chi connectivity index (χ3v) is 6.10. The van der Waals surface area contributed by atoms with Crippen LogP contribution in [0.1, 0.15) is 40.7 Å². The molecule has 0 aromatic carbocycles. The number of hydrogen-bond donors (Lipinski definition) is 2. The molecular weight excluding hydrogens is 426 g/mol. The van der Waals surface area contributed by atoms with Crippen LogP contribution in [0.3, 0.4) is 0 Å². The Balaban J connectivity index is 1.99. The highest BCUT2D eigenvalue weighted by Gasteiger charge is 2.33. The minimum atomic E-state index is -3.08. The van der Waals surface area contributed by atoms with Gasteiger partial charge in [-0.1, -0.05) is 0 Å². The van der Waals surface area contributed by atoms with Gasteiger partial charge in [-0.25, -0.2) is 27.7 Å². The summed E-state index contributed by atoms with van der Waals surface area (Å²) in [5.41, 5.74) is 0.972. The fourth-order valence-corrected chi connectivity index (χ4v) is 4.00. The summed E-state index contributed by atoms with van der Waals surface area (Å²) in [5.74, 6) is -3.12. The van der Waals surface area contributed by atoms with Gasteiger partial charge in [0.25, 0.3) is 5.91 Å². The van der Waals surface area contributed by atoms with E-state index in [0.29, 0.717) is 12.1 Å². The monoisotopic (exact) mass is 448 g/mol. The van der Waals surface area contributed by atoms with Crippen LogP contribution in [0.5, 0.6) is 0 Å². The fourth-order valence-electron chi connectivity index (χ4n) is 3.38. The van der Waals surface area contributed by atoms with Crippen LogP contribution in [0.15, 0.2) is 29.6 Å². The number of nitrogens with one attached hydrogen (secondary N) is 2. The predicted molar refractivity (Wildman–Crippen MR) is 112 cm³/mol. The van der Waals surface area contributed by atoms with Crippen LogP contribution in [0.2, 0.25) is 0 Å². The number of alkyl halides is 2. The molecule has 3 rings (SSSR count). The zero-order chi connectivity index (χ0) is 22.8. The molecule has 3 heterocycles. The van der Waals surface area contributed by atoms with Crippen molar-refractivity contribution in [2.45, 2.75) is 37.1 Å². The van der Waals surface area contributed by atoms with E-state index in [4.69, 9.17) is 4.78 Å². The Labute approximate surface area is 179 Å². The Bertz CT molecular complexity index is 1160. The number of amides is 1. The highest BCUT2D eigenvalue weighted by molar-refractivity contribution is 7.91. The maximum absolute atomic E-state index is 13.8. The Morgan fingerprint density at radius 2 is 2.10 bits per heavy atom. The number of carbonyl (C=O) groups excluding carboxylic acids is 1. The summed E-state index contributed by atoms with van der Waals surface area (Å²) in [4.78, 5) is 23.0. The van der Waals surface area contributed by atoms with E-state index in [1.807, 2.05) is 6.07 Å². The minimum absolute atomic E-state index is 0.0147. The van der Waals surface area contributed by atoms with Gasteiger partial charge in [0, 0.05) is 50.3 Å². The molecule has 0 radical (unpaired) electrons. The maximum Gasteiger partial charge on any atom is 0.259 e. The Hall–Kier alpha value is -3.13. The van der Waals surface area contributed by atoms with Gasteiger partial charge in [0.1, 0.15) is 16.9 Å². The third kappa shape index (κ3) is 5.14. The highest BCUT2D eigenvalue weighted by atomic mass is 32.2. The van der Waals surface area contributed by atoms with E-state index < -0.39 is 21.6 Å². The molecule has 1 saturated heterocycles. The Morgan fingerprint density at radius 1 is 1.35 bits per heavy atom. The van der Waals surface area contributed by atoms with Crippen molar-refractivity contribution >= 4 is 27.1 Å². The molecule has 1 amide bonds. The van der Waals surface area contributed by atoms with Crippen LogP contribution in [-0.4, -0.2) is 45.4 Å². The van der Waals surface area contributed by atoms with Gasteiger partial charge in [0.05, 0.1) is 20.9 Å². The Kier molecular flexibility index (Phi) is 6.22. The molecule has 0 aliphatic carbocycles. The number of hydrogen-bond acceptors (Lipinski definition) is 7. The lowest BCUT2D eigenvalue weighted by atomic mass is 10.0. The number of pyridine rings is 2. The smallest absolute Gasteiger partial charge is 0.259 e. The highest BCUT2D eigenvalue weighted by Crippen LogP contribution is 2.32. The maximum atomic E-state index is 13.8. The molecule has 1 unspecified atom stereocenters. The second-order valence-corrected chi connectivity index (χ2v) is 9.59. The number of anilines is 2. The first-order valence-electron chi connectivity index (χ1n) is 9.55. The van der Waals surface area contributed by atoms with Crippen LogP contribution in [-0.2, 0) is 9.73 Å². The number of nitrogens with zero attached hydrogens (tertiary/aromatic N) is 4. The minimum Gasteiger partial charge on any atom is -0.356 e. The van der Waals surface area contributed by atoms with Gasteiger partial charge < -0.3 is 10.2 Å². The van der Waals surface area contributed by atoms with Crippen LogP contribution in [0.4, 0.5) is 20.3 Å². The van der Waals surface area contributed by atoms with Crippen molar-refractivity contribution in [1.29, 1.82) is 10.0 Å². The van der Waals surface area contributed by atoms with Crippen LogP contribution in [0.25, 0.3) is 0 Å². The second-order valence-electron chi connectivity index (χ2n) is 7.48. The van der Waals surface area contributed by atoms with Gasteiger partial charge in [-0.2, -0.15) is 5.26 Å². The second kappa shape index (κ2) is 8.55. The molecular formula is C20H22F2N6O2S. The van der Waals surface area contributed by atoms with Crippen LogP contribution < -0.4 is 10.2 Å². The molecule has 11 heteroatoms. The molecule has 31 heavy (non-hydrogen) atoms. The molecule has 1 fully saturated rings. The van der Waals surface area contributed by atoms with E-state index in [-0.39, 0.29) is 53.5 Å². The van der Waals surface area contributed by atoms with E-state index in [1.54, 1.807) is 11.8 Å². The van der Waals surface area contributed by atoms with Gasteiger partial charge >= 0.3 is 0 Å². The van der Waals surface area contributed by atoms with E-state index in [1.165, 1.54) is 30.8 Å². The van der Waals surface area contributed by atoms with E-state index in [9.17, 15) is 23.0 Å². The molecule has 0 bridgehead atoms. The van der Waals surface area contributed by atoms with Crippen molar-refractivity contribution in [2.24, 2.45) is 0 Å². The lowest BCUT2D eigenvalue weighted by Crippen LogP contribution is -2.30. The molecule has 0 spiro atoms. The SMILES string of the molecule is Cc1c(C#N)cnc(N2CCCC(F)(F)CC2)c1C(=O)Nc1ccnc(S(C)(=N)=O)c1. The summed E-state index contributed by atoms with van der Waals surface area (Å²) in [7, 11) is -3.08. The molecule has 8 nitrogen and oxygen atoms in total. The summed E-state index contributed by atoms with van der Waals surface area (Å²) in [6.07, 6.45) is 3.55. The number of nitriles is 1. The summed E-state index contributed by atoms with van der Waals surface area (Å²) in [6, 6.07) is 4.81. The van der Waals surface area contributed by atoms with Gasteiger partial charge in [-0.05, 0) is 31.0 Å². The van der Waals surface area contributed by atoms with Gasteiger partial charge in [-0.3, -0.25) is 4.79 Å². The fraction of sp³-hybridized carbons (Fsp3) is 0.400. The summed E-state index contributed by atoms with van der Waals surface area (Å²) < 4.78 is 47.3. The number of aromatic nitrogens is 2. The van der Waals surface area contributed by atoms with Crippen LogP contribution in [0, 0.1) is 23.0 Å². The zero-order valence-corrected chi connectivity index (χ0v) is 17.9. The van der Waals surface area contributed by atoms with E-state index in [0.717, 1.165) is 0 Å². The lowest BCUT2D eigenvalue weighted by molar-refractivity contribution is -0.0102. The third-order valence-electron chi connectivity index (χ3n) is 5.08. The van der Waals surface area contributed by atoms with E-state index in [2.05, 4.69) is 15.3 Å². The first kappa shape index (κ1) is 22.6. The molecule has 2 aromatic heterocycles. The molecule has 2 aromatic rings. The molecule has 1 atom stereocenters. The number of rotatable bonds is 4. The summed E-state index contributed by atoms with van der Waals surface area (Å²) >= 11 is 0. The van der Waals surface area contributed by atoms with Crippen molar-refractivity contribution in [3.8, 4) is 6.07 Å². The first-order valence-corrected chi connectivity index (χ1v) is 11.5. The molecule has 1 aliphatic rings. The topological polar surface area (TPSA) is 123 Å². The van der Waals surface area contributed by atoms with Gasteiger partial charge in [0.2, 0.25) is 5.92 Å². The Morgan fingerprint density at radius 3 is 2.77 bits per heavy atom. The average molecular weight is 448 g/mol. The first-order chi connectivity index (χ1) is 14.5. The van der Waals surface area contributed by atoms with Crippen molar-refractivity contribution in [1.82, 2.24) is 9.97 Å². The quantitative estimate of drug-likeness (QED) is 0.737. The normalized spacial score (nSPS) is 17.8. The van der Waals surface area contributed by atoms with Crippen molar-refractivity contribution < 1.29 is 17.8 Å². The standard InChI is InChI=1S/C20H22F2N6O2S/c1-13-14(11-23)12-26-18(28-8-3-5-20(21,22)6-9-28)17(13)19(29)27-15-4-7-25-16(10-15)31(2,24)30/h4,7,10,12,24H,3,5-6,8-9H2,1-2H3,(H,25,27,29). The summed E-state index contributed by atoms with van der Waals surface area (Å²) in [5, 5.41) is 12.0. The summed E-state index contributed by atoms with van der Waals surface area (Å²) in [6.45, 7) is 1.94. The number of carbonyl (C=O) groups is 1. The van der Waals surface area contributed by atoms with Crippen LogP contribution >= 0.6 is 0 Å². The van der Waals surface area contributed by atoms with Crippen molar-refractivity contribution in [3.05, 3.63) is 41.2 Å². The molecule has 164 valence electrons. The zero-order valence-electron chi connectivity index (χ0n) is 17.1. The predicted octanol–water partition coefficient (Wildman–Crippen LogP) is 3.57. The molecule has 0 saturated carbocycles. The number of halogens is 2.